The Morgan fingerprint density at radius 2 is 1.71 bits per heavy atom. The number of hydrazone groups is 1. The average molecular weight is 473 g/mol. The van der Waals surface area contributed by atoms with Crippen molar-refractivity contribution < 1.29 is 28.6 Å². The third kappa shape index (κ3) is 4.57. The van der Waals surface area contributed by atoms with Crippen molar-refractivity contribution in [3.05, 3.63) is 65.4 Å². The van der Waals surface area contributed by atoms with Crippen LogP contribution in [0.15, 0.2) is 53.6 Å². The van der Waals surface area contributed by atoms with Crippen LogP contribution in [0.25, 0.3) is 10.9 Å². The number of hydrogen-bond acceptors (Lipinski definition) is 8. The Bertz CT molecular complexity index is 1400. The van der Waals surface area contributed by atoms with Gasteiger partial charge < -0.3 is 14.2 Å². The van der Waals surface area contributed by atoms with Gasteiger partial charge in [0.25, 0.3) is 0 Å². The lowest BCUT2D eigenvalue weighted by molar-refractivity contribution is -0.135. The number of ether oxygens (including phenoxy) is 3. The van der Waals surface area contributed by atoms with E-state index in [1.54, 1.807) is 6.07 Å². The molecule has 1 amide bonds. The summed E-state index contributed by atoms with van der Waals surface area (Å²) in [5.74, 6) is -0.483. The van der Waals surface area contributed by atoms with Crippen LogP contribution >= 0.6 is 0 Å². The molecule has 1 aromatic heterocycles. The summed E-state index contributed by atoms with van der Waals surface area (Å²) in [7, 11) is 0. The van der Waals surface area contributed by atoms with Crippen LogP contribution in [0.5, 0.6) is 11.5 Å². The van der Waals surface area contributed by atoms with Crippen molar-refractivity contribution >= 4 is 34.6 Å². The molecule has 1 aliphatic carbocycles. The van der Waals surface area contributed by atoms with Gasteiger partial charge in [-0.2, -0.15) is 5.01 Å². The molecule has 5 rings (SSSR count). The molecule has 9 nitrogen and oxygen atoms in total. The molecule has 2 aromatic carbocycles. The summed E-state index contributed by atoms with van der Waals surface area (Å²) in [5.41, 5.74) is 2.90. The van der Waals surface area contributed by atoms with Gasteiger partial charge in [-0.3, -0.25) is 19.4 Å². The largest absolute Gasteiger partial charge is 0.445 e. The van der Waals surface area contributed by atoms with Crippen LogP contribution in [0.1, 0.15) is 62.6 Å². The molecule has 2 heterocycles. The highest BCUT2D eigenvalue weighted by molar-refractivity contribution is 6.07. The third-order valence-corrected chi connectivity index (χ3v) is 5.69. The Balaban J connectivity index is 1.57. The summed E-state index contributed by atoms with van der Waals surface area (Å²) in [5, 5.41) is 6.56. The highest BCUT2D eigenvalue weighted by Gasteiger charge is 2.37. The first-order valence-electron chi connectivity index (χ1n) is 11.3. The second-order valence-electron chi connectivity index (χ2n) is 8.51. The molecule has 9 heteroatoms. The molecular weight excluding hydrogens is 450 g/mol. The Kier molecular flexibility index (Phi) is 5.68. The number of rotatable bonds is 5. The van der Waals surface area contributed by atoms with E-state index in [0.29, 0.717) is 11.5 Å². The summed E-state index contributed by atoms with van der Waals surface area (Å²) in [6.45, 7) is 3.90. The summed E-state index contributed by atoms with van der Waals surface area (Å²) in [4.78, 5) is 40.5. The van der Waals surface area contributed by atoms with Gasteiger partial charge in [-0.05, 0) is 37.1 Å². The van der Waals surface area contributed by atoms with Crippen LogP contribution in [-0.2, 0) is 19.1 Å². The fourth-order valence-electron chi connectivity index (χ4n) is 4.03. The minimum atomic E-state index is -0.987. The normalized spacial score (nSPS) is 17.1. The second kappa shape index (κ2) is 8.83. The first kappa shape index (κ1) is 22.5. The van der Waals surface area contributed by atoms with Crippen molar-refractivity contribution in [3.63, 3.8) is 0 Å². The maximum Gasteiger partial charge on any atom is 0.308 e. The van der Waals surface area contributed by atoms with E-state index in [0.717, 1.165) is 35.0 Å². The van der Waals surface area contributed by atoms with Gasteiger partial charge in [0.15, 0.2) is 0 Å². The van der Waals surface area contributed by atoms with Gasteiger partial charge in [0.2, 0.25) is 18.0 Å². The minimum absolute atomic E-state index is 0.0993. The molecule has 2 aliphatic rings. The third-order valence-electron chi connectivity index (χ3n) is 5.69. The lowest BCUT2D eigenvalue weighted by Gasteiger charge is -2.21. The molecule has 1 atom stereocenters. The number of hydrogen-bond donors (Lipinski definition) is 0. The summed E-state index contributed by atoms with van der Waals surface area (Å²) < 4.78 is 16.7. The molecule has 1 aliphatic heterocycles. The molecule has 1 saturated carbocycles. The van der Waals surface area contributed by atoms with E-state index in [2.05, 4.69) is 5.10 Å². The van der Waals surface area contributed by atoms with Gasteiger partial charge in [-0.15, -0.1) is 5.10 Å². The lowest BCUT2D eigenvalue weighted by atomic mass is 10.1. The molecule has 35 heavy (non-hydrogen) atoms. The number of nitrogens with zero attached hydrogens (tertiary/aromatic N) is 3. The van der Waals surface area contributed by atoms with Crippen molar-refractivity contribution in [1.82, 2.24) is 9.99 Å². The maximum absolute atomic E-state index is 12.6. The summed E-state index contributed by atoms with van der Waals surface area (Å²) in [6, 6.07) is 14.2. The first-order chi connectivity index (χ1) is 16.8. The van der Waals surface area contributed by atoms with Crippen molar-refractivity contribution in [2.75, 3.05) is 0 Å². The van der Waals surface area contributed by atoms with Crippen LogP contribution in [0.3, 0.4) is 0 Å². The molecule has 0 bridgehead atoms. The molecule has 3 aromatic rings. The molecule has 0 saturated heterocycles. The topological polar surface area (TPSA) is 107 Å². The standard InChI is InChI=1S/C26H23N3O6/c1-14(30)29-26(20-11-10-18(33-15(2)31)12-24(20)34-16(3)32)35-25(28-29)21-13-23(17-8-9-17)27-22-7-5-4-6-19(21)22/h4-7,10-13,17,26H,8-9H2,1-3H3/t26-/m1/s1. The highest BCUT2D eigenvalue weighted by Crippen LogP contribution is 2.42. The lowest BCUT2D eigenvalue weighted by Crippen LogP contribution is -2.26. The quantitative estimate of drug-likeness (QED) is 0.404. The van der Waals surface area contributed by atoms with Gasteiger partial charge in [0.1, 0.15) is 11.5 Å². The number of aromatic nitrogens is 1. The van der Waals surface area contributed by atoms with E-state index < -0.39 is 18.2 Å². The number of benzene rings is 2. The number of pyridine rings is 1. The van der Waals surface area contributed by atoms with Crippen molar-refractivity contribution in [2.24, 2.45) is 5.10 Å². The first-order valence-corrected chi connectivity index (χ1v) is 11.3. The van der Waals surface area contributed by atoms with Crippen molar-refractivity contribution in [1.29, 1.82) is 0 Å². The van der Waals surface area contributed by atoms with E-state index >= 15 is 0 Å². The van der Waals surface area contributed by atoms with E-state index in [9.17, 15) is 14.4 Å². The number of amides is 1. The molecular formula is C26H23N3O6. The van der Waals surface area contributed by atoms with Gasteiger partial charge in [0.05, 0.1) is 11.1 Å². The Labute approximate surface area is 201 Å². The predicted octanol–water partition coefficient (Wildman–Crippen LogP) is 4.20. The maximum atomic E-state index is 12.6. The monoisotopic (exact) mass is 473 g/mol. The van der Waals surface area contributed by atoms with Crippen LogP contribution < -0.4 is 9.47 Å². The minimum Gasteiger partial charge on any atom is -0.445 e. The Morgan fingerprint density at radius 3 is 2.40 bits per heavy atom. The molecule has 178 valence electrons. The van der Waals surface area contributed by atoms with Crippen LogP contribution in [0, 0.1) is 0 Å². The smallest absolute Gasteiger partial charge is 0.308 e. The van der Waals surface area contributed by atoms with E-state index in [1.807, 2.05) is 30.3 Å². The summed E-state index contributed by atoms with van der Waals surface area (Å²) in [6.07, 6.45) is 1.18. The van der Waals surface area contributed by atoms with Crippen LogP contribution in [0.4, 0.5) is 0 Å². The average Bonchev–Trinajstić information content (AvgIpc) is 3.56. The Morgan fingerprint density at radius 1 is 0.971 bits per heavy atom. The Hall–Kier alpha value is -4.27. The molecule has 0 radical (unpaired) electrons. The fourth-order valence-corrected chi connectivity index (χ4v) is 4.03. The summed E-state index contributed by atoms with van der Waals surface area (Å²) >= 11 is 0. The van der Waals surface area contributed by atoms with Gasteiger partial charge >= 0.3 is 11.9 Å². The SMILES string of the molecule is CC(=O)Oc1ccc([C@H]2OC(c3cc(C4CC4)nc4ccccc34)=NN2C(C)=O)c(OC(C)=O)c1. The number of carbonyl (C=O) groups is 3. The van der Waals surface area contributed by atoms with Crippen LogP contribution in [-0.4, -0.2) is 33.7 Å². The second-order valence-corrected chi connectivity index (χ2v) is 8.51. The zero-order chi connectivity index (χ0) is 24.7. The van der Waals surface area contributed by atoms with E-state index in [4.69, 9.17) is 19.2 Å². The van der Waals surface area contributed by atoms with Gasteiger partial charge in [0, 0.05) is 49.4 Å². The molecule has 0 spiro atoms. The van der Waals surface area contributed by atoms with Gasteiger partial charge in [-0.1, -0.05) is 18.2 Å². The fraction of sp³-hybridized carbons (Fsp3) is 0.269. The molecule has 0 unspecified atom stereocenters. The van der Waals surface area contributed by atoms with E-state index in [1.165, 1.54) is 37.9 Å². The zero-order valence-corrected chi connectivity index (χ0v) is 19.5. The zero-order valence-electron chi connectivity index (χ0n) is 19.5. The van der Waals surface area contributed by atoms with E-state index in [-0.39, 0.29) is 23.3 Å². The number of esters is 2. The van der Waals surface area contributed by atoms with Crippen LogP contribution in [0.2, 0.25) is 0 Å². The predicted molar refractivity (Wildman–Crippen MR) is 126 cm³/mol. The molecule has 0 N–H and O–H groups in total. The number of fused-ring (bicyclic) bond motifs is 1. The molecule has 1 fully saturated rings. The van der Waals surface area contributed by atoms with Crippen molar-refractivity contribution in [2.45, 2.75) is 45.8 Å². The van der Waals surface area contributed by atoms with Gasteiger partial charge in [-0.25, -0.2) is 0 Å². The number of para-hydroxylation sites is 1. The van der Waals surface area contributed by atoms with Crippen molar-refractivity contribution in [3.8, 4) is 11.5 Å². The highest BCUT2D eigenvalue weighted by atomic mass is 16.6. The number of carbonyl (C=O) groups excluding carboxylic acids is 3.